The van der Waals surface area contributed by atoms with Gasteiger partial charge in [0.1, 0.15) is 0 Å². The standard InChI is InChI=1S/C21H30N6OS/c1-16-20(29-25-24-16)13-23-21(28)18-5-3-9-27(15-18)19-6-10-26(11-7-19)14-17-4-2-8-22-12-17/h2,4,8,12,18-19H,3,5-7,9-11,13-15H2,1H3,(H,23,28). The zero-order valence-electron chi connectivity index (χ0n) is 17.1. The molecule has 29 heavy (non-hydrogen) atoms. The second kappa shape index (κ2) is 9.73. The zero-order chi connectivity index (χ0) is 20.1. The van der Waals surface area contributed by atoms with E-state index >= 15 is 0 Å². The Balaban J connectivity index is 1.23. The number of aromatic nitrogens is 3. The quantitative estimate of drug-likeness (QED) is 0.781. The minimum absolute atomic E-state index is 0.0957. The largest absolute Gasteiger partial charge is 0.351 e. The first kappa shape index (κ1) is 20.4. The highest BCUT2D eigenvalue weighted by Crippen LogP contribution is 2.25. The van der Waals surface area contributed by atoms with Crippen molar-refractivity contribution < 1.29 is 4.79 Å². The van der Waals surface area contributed by atoms with Crippen LogP contribution in [0.5, 0.6) is 0 Å². The normalized spacial score (nSPS) is 21.9. The summed E-state index contributed by atoms with van der Waals surface area (Å²) in [6.45, 7) is 7.71. The van der Waals surface area contributed by atoms with Gasteiger partial charge in [0.05, 0.1) is 23.0 Å². The van der Waals surface area contributed by atoms with Crippen molar-refractivity contribution >= 4 is 17.4 Å². The zero-order valence-corrected chi connectivity index (χ0v) is 17.9. The first-order chi connectivity index (χ1) is 14.2. The van der Waals surface area contributed by atoms with Gasteiger partial charge in [-0.2, -0.15) is 0 Å². The number of rotatable bonds is 6. The summed E-state index contributed by atoms with van der Waals surface area (Å²) in [5.41, 5.74) is 2.20. The molecule has 0 spiro atoms. The molecule has 2 aliphatic heterocycles. The molecule has 2 aromatic heterocycles. The molecular weight excluding hydrogens is 384 g/mol. The SMILES string of the molecule is Cc1nnsc1CNC(=O)C1CCCN(C2CCN(Cc3cccnc3)CC2)C1. The predicted molar refractivity (Wildman–Crippen MR) is 113 cm³/mol. The Kier molecular flexibility index (Phi) is 6.84. The fraction of sp³-hybridized carbons (Fsp3) is 0.619. The molecular formula is C21H30N6OS. The Bertz CT molecular complexity index is 789. The number of aryl methyl sites for hydroxylation is 1. The summed E-state index contributed by atoms with van der Waals surface area (Å²) >= 11 is 1.37. The van der Waals surface area contributed by atoms with Crippen LogP contribution in [-0.2, 0) is 17.9 Å². The van der Waals surface area contributed by atoms with Crippen molar-refractivity contribution in [3.63, 3.8) is 0 Å². The van der Waals surface area contributed by atoms with E-state index in [1.807, 2.05) is 25.4 Å². The molecule has 2 aliphatic rings. The second-order valence-electron chi connectivity index (χ2n) is 8.20. The first-order valence-corrected chi connectivity index (χ1v) is 11.4. The first-order valence-electron chi connectivity index (χ1n) is 10.6. The summed E-state index contributed by atoms with van der Waals surface area (Å²) in [5, 5.41) is 7.12. The van der Waals surface area contributed by atoms with Gasteiger partial charge in [-0.15, -0.1) is 5.10 Å². The summed E-state index contributed by atoms with van der Waals surface area (Å²) in [6, 6.07) is 4.76. The molecule has 8 heteroatoms. The average molecular weight is 415 g/mol. The van der Waals surface area contributed by atoms with Crippen molar-refractivity contribution in [3.05, 3.63) is 40.7 Å². The van der Waals surface area contributed by atoms with E-state index in [-0.39, 0.29) is 11.8 Å². The van der Waals surface area contributed by atoms with Crippen LogP contribution in [0.2, 0.25) is 0 Å². The van der Waals surface area contributed by atoms with E-state index < -0.39 is 0 Å². The fourth-order valence-corrected chi connectivity index (χ4v) is 5.04. The highest BCUT2D eigenvalue weighted by atomic mass is 32.1. The maximum Gasteiger partial charge on any atom is 0.224 e. The van der Waals surface area contributed by atoms with Crippen molar-refractivity contribution in [1.82, 2.24) is 29.7 Å². The molecule has 1 unspecified atom stereocenters. The van der Waals surface area contributed by atoms with Crippen molar-refractivity contribution in [2.45, 2.75) is 51.7 Å². The van der Waals surface area contributed by atoms with Crippen LogP contribution in [0.3, 0.4) is 0 Å². The molecule has 0 aliphatic carbocycles. The maximum absolute atomic E-state index is 12.7. The Hall–Kier alpha value is -1.90. The van der Waals surface area contributed by atoms with E-state index in [2.05, 4.69) is 35.8 Å². The van der Waals surface area contributed by atoms with Crippen LogP contribution < -0.4 is 5.32 Å². The van der Waals surface area contributed by atoms with E-state index in [4.69, 9.17) is 0 Å². The van der Waals surface area contributed by atoms with Gasteiger partial charge in [-0.1, -0.05) is 10.6 Å². The Labute approximate surface area is 176 Å². The number of likely N-dealkylation sites (tertiary alicyclic amines) is 2. The lowest BCUT2D eigenvalue weighted by Gasteiger charge is -2.42. The number of pyridine rings is 1. The number of nitrogens with one attached hydrogen (secondary N) is 1. The van der Waals surface area contributed by atoms with Crippen LogP contribution in [0.15, 0.2) is 24.5 Å². The molecule has 1 N–H and O–H groups in total. The smallest absolute Gasteiger partial charge is 0.224 e. The number of carbonyl (C=O) groups excluding carboxylic acids is 1. The topological polar surface area (TPSA) is 74.2 Å². The van der Waals surface area contributed by atoms with E-state index in [0.717, 1.165) is 56.1 Å². The summed E-state index contributed by atoms with van der Waals surface area (Å²) in [7, 11) is 0. The predicted octanol–water partition coefficient (Wildman–Crippen LogP) is 2.23. The fourth-order valence-electron chi connectivity index (χ4n) is 4.47. The highest BCUT2D eigenvalue weighted by Gasteiger charge is 2.31. The van der Waals surface area contributed by atoms with Gasteiger partial charge in [-0.05, 0) is 75.4 Å². The van der Waals surface area contributed by atoms with Gasteiger partial charge in [0.25, 0.3) is 0 Å². The van der Waals surface area contributed by atoms with Crippen LogP contribution in [0.4, 0.5) is 0 Å². The lowest BCUT2D eigenvalue weighted by molar-refractivity contribution is -0.127. The van der Waals surface area contributed by atoms with Gasteiger partial charge in [-0.3, -0.25) is 19.6 Å². The van der Waals surface area contributed by atoms with E-state index in [9.17, 15) is 4.79 Å². The number of piperidine rings is 2. The van der Waals surface area contributed by atoms with Crippen LogP contribution in [-0.4, -0.2) is 62.5 Å². The van der Waals surface area contributed by atoms with Crippen LogP contribution in [0.1, 0.15) is 41.8 Å². The average Bonchev–Trinajstić information content (AvgIpc) is 3.18. The molecule has 0 bridgehead atoms. The van der Waals surface area contributed by atoms with E-state index in [1.54, 1.807) is 0 Å². The second-order valence-corrected chi connectivity index (χ2v) is 9.04. The summed E-state index contributed by atoms with van der Waals surface area (Å²) in [4.78, 5) is 23.1. The van der Waals surface area contributed by atoms with Gasteiger partial charge in [0.2, 0.25) is 5.91 Å². The molecule has 2 saturated heterocycles. The minimum Gasteiger partial charge on any atom is -0.351 e. The molecule has 1 atom stereocenters. The summed E-state index contributed by atoms with van der Waals surface area (Å²) in [5.74, 6) is 0.273. The van der Waals surface area contributed by atoms with Gasteiger partial charge >= 0.3 is 0 Å². The number of nitrogens with zero attached hydrogens (tertiary/aromatic N) is 5. The molecule has 156 valence electrons. The molecule has 2 aromatic rings. The van der Waals surface area contributed by atoms with Crippen LogP contribution in [0.25, 0.3) is 0 Å². The molecule has 4 heterocycles. The Morgan fingerprint density at radius 2 is 2.14 bits per heavy atom. The van der Waals surface area contributed by atoms with Crippen molar-refractivity contribution in [2.75, 3.05) is 26.2 Å². The number of amides is 1. The third-order valence-electron chi connectivity index (χ3n) is 6.19. The lowest BCUT2D eigenvalue weighted by atomic mass is 9.93. The number of hydrogen-bond acceptors (Lipinski definition) is 7. The number of hydrogen-bond donors (Lipinski definition) is 1. The molecule has 4 rings (SSSR count). The molecule has 7 nitrogen and oxygen atoms in total. The lowest BCUT2D eigenvalue weighted by Crippen LogP contribution is -2.50. The Morgan fingerprint density at radius 1 is 1.28 bits per heavy atom. The molecule has 0 radical (unpaired) electrons. The van der Waals surface area contributed by atoms with Gasteiger partial charge in [0, 0.05) is 31.5 Å². The monoisotopic (exact) mass is 414 g/mol. The van der Waals surface area contributed by atoms with Gasteiger partial charge < -0.3 is 5.32 Å². The van der Waals surface area contributed by atoms with Gasteiger partial charge in [-0.25, -0.2) is 0 Å². The summed E-state index contributed by atoms with van der Waals surface area (Å²) < 4.78 is 3.94. The van der Waals surface area contributed by atoms with Crippen LogP contribution >= 0.6 is 11.5 Å². The molecule has 2 fully saturated rings. The highest BCUT2D eigenvalue weighted by molar-refractivity contribution is 7.05. The van der Waals surface area contributed by atoms with Crippen LogP contribution in [0, 0.1) is 12.8 Å². The van der Waals surface area contributed by atoms with Crippen molar-refractivity contribution in [1.29, 1.82) is 0 Å². The number of carbonyl (C=O) groups is 1. The van der Waals surface area contributed by atoms with Crippen molar-refractivity contribution in [2.24, 2.45) is 5.92 Å². The third kappa shape index (κ3) is 5.38. The Morgan fingerprint density at radius 3 is 2.86 bits per heavy atom. The van der Waals surface area contributed by atoms with Gasteiger partial charge in [0.15, 0.2) is 0 Å². The minimum atomic E-state index is 0.0957. The molecule has 0 aromatic carbocycles. The van der Waals surface area contributed by atoms with E-state index in [1.165, 1.54) is 29.9 Å². The third-order valence-corrected chi connectivity index (χ3v) is 7.02. The summed E-state index contributed by atoms with van der Waals surface area (Å²) in [6.07, 6.45) is 8.25. The molecule has 0 saturated carbocycles. The molecule has 1 amide bonds. The van der Waals surface area contributed by atoms with E-state index in [0.29, 0.717) is 12.6 Å². The maximum atomic E-state index is 12.7. The van der Waals surface area contributed by atoms with Crippen molar-refractivity contribution in [3.8, 4) is 0 Å².